The molecule has 1 aromatic carbocycles. The Hall–Kier alpha value is -1.84. The van der Waals surface area contributed by atoms with Crippen molar-refractivity contribution >= 4 is 11.9 Å². The van der Waals surface area contributed by atoms with Gasteiger partial charge in [0.2, 0.25) is 5.91 Å². The number of amides is 1. The molecular weight excluding hydrogens is 254 g/mol. The number of rotatable bonds is 5. The van der Waals surface area contributed by atoms with Gasteiger partial charge in [-0.05, 0) is 37.8 Å². The number of aryl methyl sites for hydroxylation is 1. The molecule has 0 saturated heterocycles. The highest BCUT2D eigenvalue weighted by Gasteiger charge is 2.29. The van der Waals surface area contributed by atoms with Crippen molar-refractivity contribution in [1.82, 2.24) is 5.32 Å². The molecule has 0 radical (unpaired) electrons. The molecule has 0 unspecified atom stereocenters. The number of benzene rings is 1. The van der Waals surface area contributed by atoms with Crippen molar-refractivity contribution in [2.24, 2.45) is 0 Å². The summed E-state index contributed by atoms with van der Waals surface area (Å²) < 4.78 is 0. The molecule has 1 aliphatic carbocycles. The number of carboxylic acid groups (broad SMARTS) is 1. The van der Waals surface area contributed by atoms with E-state index in [1.807, 2.05) is 0 Å². The summed E-state index contributed by atoms with van der Waals surface area (Å²) in [5.74, 6) is -0.932. The standard InChI is InChI=1S/C16H21NO3/c1-16(10-4-5-11-16)17-14(18)9-8-12-6-2-3-7-13(12)15(19)20/h2-3,6-7H,4-5,8-11H2,1H3,(H,17,18)(H,19,20). The quantitative estimate of drug-likeness (QED) is 0.868. The average molecular weight is 275 g/mol. The predicted molar refractivity (Wildman–Crippen MR) is 76.7 cm³/mol. The van der Waals surface area contributed by atoms with E-state index >= 15 is 0 Å². The molecule has 1 saturated carbocycles. The largest absolute Gasteiger partial charge is 0.478 e. The summed E-state index contributed by atoms with van der Waals surface area (Å²) in [6.07, 6.45) is 5.19. The molecule has 4 heteroatoms. The van der Waals surface area contributed by atoms with Gasteiger partial charge in [0.25, 0.3) is 0 Å². The van der Waals surface area contributed by atoms with E-state index in [-0.39, 0.29) is 17.0 Å². The zero-order valence-corrected chi connectivity index (χ0v) is 11.8. The van der Waals surface area contributed by atoms with Crippen LogP contribution in [-0.4, -0.2) is 22.5 Å². The molecule has 4 nitrogen and oxygen atoms in total. The molecule has 0 aliphatic heterocycles. The van der Waals surface area contributed by atoms with Crippen LogP contribution in [0.2, 0.25) is 0 Å². The molecular formula is C16H21NO3. The number of nitrogens with one attached hydrogen (secondary N) is 1. The third-order valence-corrected chi connectivity index (χ3v) is 4.02. The Bertz CT molecular complexity index is 504. The van der Waals surface area contributed by atoms with Crippen LogP contribution in [0.25, 0.3) is 0 Å². The van der Waals surface area contributed by atoms with Crippen LogP contribution < -0.4 is 5.32 Å². The molecule has 0 atom stereocenters. The molecule has 0 aromatic heterocycles. The van der Waals surface area contributed by atoms with E-state index in [0.717, 1.165) is 12.8 Å². The molecule has 0 heterocycles. The van der Waals surface area contributed by atoms with Crippen molar-refractivity contribution in [2.45, 2.75) is 51.0 Å². The second-order valence-electron chi connectivity index (χ2n) is 5.78. The van der Waals surface area contributed by atoms with Crippen molar-refractivity contribution in [3.8, 4) is 0 Å². The first-order valence-electron chi connectivity index (χ1n) is 7.12. The Morgan fingerprint density at radius 1 is 1.25 bits per heavy atom. The lowest BCUT2D eigenvalue weighted by atomic mass is 9.99. The van der Waals surface area contributed by atoms with Crippen molar-refractivity contribution < 1.29 is 14.7 Å². The van der Waals surface area contributed by atoms with Gasteiger partial charge in [0.05, 0.1) is 5.56 Å². The van der Waals surface area contributed by atoms with Crippen LogP contribution in [0, 0.1) is 0 Å². The molecule has 0 spiro atoms. The molecule has 2 N–H and O–H groups in total. The summed E-state index contributed by atoms with van der Waals surface area (Å²) in [4.78, 5) is 23.1. The lowest BCUT2D eigenvalue weighted by Gasteiger charge is -2.25. The Balaban J connectivity index is 1.92. The highest BCUT2D eigenvalue weighted by Crippen LogP contribution is 2.28. The number of hydrogen-bond acceptors (Lipinski definition) is 2. The summed E-state index contributed by atoms with van der Waals surface area (Å²) in [7, 11) is 0. The zero-order chi connectivity index (χ0) is 14.6. The minimum absolute atomic E-state index is 0.00888. The van der Waals surface area contributed by atoms with E-state index in [1.54, 1.807) is 24.3 Å². The van der Waals surface area contributed by atoms with E-state index < -0.39 is 5.97 Å². The summed E-state index contributed by atoms with van der Waals surface area (Å²) >= 11 is 0. The topological polar surface area (TPSA) is 66.4 Å². The molecule has 1 aliphatic rings. The van der Waals surface area contributed by atoms with Crippen LogP contribution in [0.3, 0.4) is 0 Å². The first-order valence-corrected chi connectivity index (χ1v) is 7.12. The smallest absolute Gasteiger partial charge is 0.335 e. The third kappa shape index (κ3) is 3.59. The first kappa shape index (κ1) is 14.6. The van der Waals surface area contributed by atoms with Crippen LogP contribution in [0.15, 0.2) is 24.3 Å². The van der Waals surface area contributed by atoms with Gasteiger partial charge in [-0.3, -0.25) is 4.79 Å². The Labute approximate surface area is 119 Å². The fourth-order valence-electron chi connectivity index (χ4n) is 2.87. The molecule has 108 valence electrons. The van der Waals surface area contributed by atoms with Gasteiger partial charge in [-0.2, -0.15) is 0 Å². The number of carbonyl (C=O) groups is 2. The normalized spacial score (nSPS) is 16.9. The van der Waals surface area contributed by atoms with Crippen molar-refractivity contribution in [3.63, 3.8) is 0 Å². The van der Waals surface area contributed by atoms with E-state index in [9.17, 15) is 9.59 Å². The predicted octanol–water partition coefficient (Wildman–Crippen LogP) is 2.77. The maximum atomic E-state index is 12.0. The van der Waals surface area contributed by atoms with Gasteiger partial charge < -0.3 is 10.4 Å². The number of hydrogen-bond donors (Lipinski definition) is 2. The van der Waals surface area contributed by atoms with Gasteiger partial charge in [-0.15, -0.1) is 0 Å². The minimum atomic E-state index is -0.941. The van der Waals surface area contributed by atoms with Crippen LogP contribution in [-0.2, 0) is 11.2 Å². The fourth-order valence-corrected chi connectivity index (χ4v) is 2.87. The van der Waals surface area contributed by atoms with Gasteiger partial charge in [0, 0.05) is 12.0 Å². The minimum Gasteiger partial charge on any atom is -0.478 e. The summed E-state index contributed by atoms with van der Waals surface area (Å²) in [5.41, 5.74) is 0.933. The zero-order valence-electron chi connectivity index (χ0n) is 11.8. The maximum Gasteiger partial charge on any atom is 0.335 e. The third-order valence-electron chi connectivity index (χ3n) is 4.02. The summed E-state index contributed by atoms with van der Waals surface area (Å²) in [5, 5.41) is 12.2. The van der Waals surface area contributed by atoms with E-state index in [1.165, 1.54) is 12.8 Å². The van der Waals surface area contributed by atoms with E-state index in [4.69, 9.17) is 5.11 Å². The van der Waals surface area contributed by atoms with Gasteiger partial charge in [0.15, 0.2) is 0 Å². The lowest BCUT2D eigenvalue weighted by Crippen LogP contribution is -2.43. The highest BCUT2D eigenvalue weighted by atomic mass is 16.4. The lowest BCUT2D eigenvalue weighted by molar-refractivity contribution is -0.122. The second kappa shape index (κ2) is 6.07. The maximum absolute atomic E-state index is 12.0. The van der Waals surface area contributed by atoms with Gasteiger partial charge >= 0.3 is 5.97 Å². The van der Waals surface area contributed by atoms with Crippen molar-refractivity contribution in [2.75, 3.05) is 0 Å². The van der Waals surface area contributed by atoms with Crippen LogP contribution in [0.1, 0.15) is 54.9 Å². The van der Waals surface area contributed by atoms with Crippen LogP contribution in [0.5, 0.6) is 0 Å². The molecule has 0 bridgehead atoms. The van der Waals surface area contributed by atoms with E-state index in [2.05, 4.69) is 12.2 Å². The van der Waals surface area contributed by atoms with Gasteiger partial charge in [-0.25, -0.2) is 4.79 Å². The molecule has 2 rings (SSSR count). The molecule has 1 fully saturated rings. The number of aromatic carboxylic acids is 1. The van der Waals surface area contributed by atoms with Gasteiger partial charge in [-0.1, -0.05) is 31.0 Å². The summed E-state index contributed by atoms with van der Waals surface area (Å²) in [6.45, 7) is 2.09. The number of carbonyl (C=O) groups excluding carboxylic acids is 1. The Kier molecular flexibility index (Phi) is 4.42. The molecule has 1 aromatic rings. The monoisotopic (exact) mass is 275 g/mol. The second-order valence-corrected chi connectivity index (χ2v) is 5.78. The SMILES string of the molecule is CC1(NC(=O)CCc2ccccc2C(=O)O)CCCC1. The highest BCUT2D eigenvalue weighted by molar-refractivity contribution is 5.89. The Morgan fingerprint density at radius 2 is 1.90 bits per heavy atom. The fraction of sp³-hybridized carbons (Fsp3) is 0.500. The van der Waals surface area contributed by atoms with Crippen molar-refractivity contribution in [3.05, 3.63) is 35.4 Å². The number of carboxylic acids is 1. The van der Waals surface area contributed by atoms with E-state index in [0.29, 0.717) is 18.4 Å². The Morgan fingerprint density at radius 3 is 2.55 bits per heavy atom. The summed E-state index contributed by atoms with van der Waals surface area (Å²) in [6, 6.07) is 6.85. The average Bonchev–Trinajstić information content (AvgIpc) is 2.83. The molecule has 20 heavy (non-hydrogen) atoms. The molecule has 1 amide bonds. The van der Waals surface area contributed by atoms with Crippen LogP contribution in [0.4, 0.5) is 0 Å². The van der Waals surface area contributed by atoms with Gasteiger partial charge in [0.1, 0.15) is 0 Å². The first-order chi connectivity index (χ1) is 9.50. The van der Waals surface area contributed by atoms with Crippen molar-refractivity contribution in [1.29, 1.82) is 0 Å². The van der Waals surface area contributed by atoms with Crippen LogP contribution >= 0.6 is 0 Å².